The normalized spacial score (nSPS) is 10.6. The molecule has 0 radical (unpaired) electrons. The van der Waals surface area contributed by atoms with Crippen LogP contribution in [0.5, 0.6) is 0 Å². The topological polar surface area (TPSA) is 54.0 Å². The summed E-state index contributed by atoms with van der Waals surface area (Å²) in [7, 11) is 0. The Bertz CT molecular complexity index is 810. The average Bonchev–Trinajstić information content (AvgIpc) is 2.90. The molecular formula is C16H15N3OS. The van der Waals surface area contributed by atoms with Crippen molar-refractivity contribution in [1.29, 1.82) is 0 Å². The molecule has 0 aliphatic heterocycles. The quantitative estimate of drug-likeness (QED) is 0.728. The Hall–Kier alpha value is -2.40. The summed E-state index contributed by atoms with van der Waals surface area (Å²) in [5.41, 5.74) is 3.90. The Labute approximate surface area is 127 Å². The maximum Gasteiger partial charge on any atom is 0.323 e. The van der Waals surface area contributed by atoms with Gasteiger partial charge in [0, 0.05) is 23.0 Å². The molecule has 0 bridgehead atoms. The zero-order chi connectivity index (χ0) is 14.8. The lowest BCUT2D eigenvalue weighted by molar-refractivity contribution is 0.262. The fraction of sp³-hybridized carbons (Fsp3) is 0.125. The summed E-state index contributed by atoms with van der Waals surface area (Å²) in [4.78, 5) is 12.0. The van der Waals surface area contributed by atoms with E-state index in [1.165, 1.54) is 17.1 Å². The third kappa shape index (κ3) is 3.03. The minimum absolute atomic E-state index is 0.248. The molecule has 2 N–H and O–H groups in total. The summed E-state index contributed by atoms with van der Waals surface area (Å²) >= 11 is 1.41. The molecular weight excluding hydrogens is 282 g/mol. The number of amides is 2. The highest BCUT2D eigenvalue weighted by molar-refractivity contribution is 7.13. The average molecular weight is 297 g/mol. The fourth-order valence-corrected chi connectivity index (χ4v) is 2.74. The molecule has 1 aromatic heterocycles. The van der Waals surface area contributed by atoms with Gasteiger partial charge in [-0.3, -0.25) is 0 Å². The van der Waals surface area contributed by atoms with Gasteiger partial charge in [0.1, 0.15) is 0 Å². The highest BCUT2D eigenvalue weighted by Gasteiger charge is 2.05. The van der Waals surface area contributed by atoms with Gasteiger partial charge in [0.2, 0.25) is 0 Å². The second-order valence-corrected chi connectivity index (χ2v) is 5.79. The van der Waals surface area contributed by atoms with Gasteiger partial charge in [0.25, 0.3) is 0 Å². The first-order valence-electron chi connectivity index (χ1n) is 6.61. The fourth-order valence-electron chi connectivity index (χ4n) is 2.05. The lowest BCUT2D eigenvalue weighted by atomic mass is 10.1. The van der Waals surface area contributed by atoms with Crippen molar-refractivity contribution < 1.29 is 4.79 Å². The molecule has 106 valence electrons. The molecule has 0 saturated carbocycles. The molecule has 5 heteroatoms. The van der Waals surface area contributed by atoms with E-state index in [4.69, 9.17) is 0 Å². The lowest BCUT2D eigenvalue weighted by Crippen LogP contribution is -2.19. The Morgan fingerprint density at radius 2 is 1.71 bits per heavy atom. The number of aromatic nitrogens is 1. The van der Waals surface area contributed by atoms with E-state index in [0.717, 1.165) is 27.0 Å². The molecule has 4 nitrogen and oxygen atoms in total. The standard InChI is InChI=1S/C16H15N3OS/c1-10-3-5-13(7-11(10)2)18-16(20)19-14-6-4-12-9-17-21-15(12)8-14/h3-9H,1-2H3,(H2,18,19,20). The van der Waals surface area contributed by atoms with Gasteiger partial charge in [0.05, 0.1) is 4.70 Å². The van der Waals surface area contributed by atoms with Gasteiger partial charge in [-0.25, -0.2) is 4.79 Å². The van der Waals surface area contributed by atoms with Gasteiger partial charge < -0.3 is 10.6 Å². The predicted molar refractivity (Wildman–Crippen MR) is 88.2 cm³/mol. The summed E-state index contributed by atoms with van der Waals surface area (Å²) in [5.74, 6) is 0. The van der Waals surface area contributed by atoms with E-state index < -0.39 is 0 Å². The molecule has 1 heterocycles. The Balaban J connectivity index is 1.71. The molecule has 0 aliphatic rings. The second kappa shape index (κ2) is 5.54. The minimum Gasteiger partial charge on any atom is -0.308 e. The van der Waals surface area contributed by atoms with Crippen molar-refractivity contribution in [1.82, 2.24) is 4.37 Å². The number of benzene rings is 2. The Morgan fingerprint density at radius 1 is 1.00 bits per heavy atom. The monoisotopic (exact) mass is 297 g/mol. The predicted octanol–water partition coefficient (Wildman–Crippen LogP) is 4.56. The van der Waals surface area contributed by atoms with E-state index in [9.17, 15) is 4.79 Å². The number of fused-ring (bicyclic) bond motifs is 1. The summed E-state index contributed by atoms with van der Waals surface area (Å²) < 4.78 is 5.18. The molecule has 0 aliphatic carbocycles. The van der Waals surface area contributed by atoms with Crippen molar-refractivity contribution in [3.8, 4) is 0 Å². The van der Waals surface area contributed by atoms with Crippen LogP contribution in [0.3, 0.4) is 0 Å². The first-order valence-corrected chi connectivity index (χ1v) is 7.39. The SMILES string of the molecule is Cc1ccc(NC(=O)Nc2ccc3cnsc3c2)cc1C. The van der Waals surface area contributed by atoms with E-state index in [1.54, 1.807) is 0 Å². The van der Waals surface area contributed by atoms with Crippen LogP contribution in [0.25, 0.3) is 10.1 Å². The van der Waals surface area contributed by atoms with Crippen LogP contribution >= 0.6 is 11.5 Å². The Kier molecular flexibility index (Phi) is 3.58. The van der Waals surface area contributed by atoms with Crippen LogP contribution in [0, 0.1) is 13.8 Å². The Morgan fingerprint density at radius 3 is 2.48 bits per heavy atom. The van der Waals surface area contributed by atoms with Gasteiger partial charge in [-0.2, -0.15) is 4.37 Å². The van der Waals surface area contributed by atoms with Crippen LogP contribution in [0.4, 0.5) is 16.2 Å². The number of carbonyl (C=O) groups is 1. The summed E-state index contributed by atoms with van der Waals surface area (Å²) in [6.45, 7) is 4.07. The van der Waals surface area contributed by atoms with Gasteiger partial charge in [-0.15, -0.1) is 0 Å². The third-order valence-corrected chi connectivity index (χ3v) is 4.14. The number of rotatable bonds is 2. The highest BCUT2D eigenvalue weighted by atomic mass is 32.1. The highest BCUT2D eigenvalue weighted by Crippen LogP contribution is 2.22. The maximum absolute atomic E-state index is 12.0. The number of carbonyl (C=O) groups excluding carboxylic acids is 1. The van der Waals surface area contributed by atoms with Crippen molar-refractivity contribution in [2.24, 2.45) is 0 Å². The first-order chi connectivity index (χ1) is 10.1. The lowest BCUT2D eigenvalue weighted by Gasteiger charge is -2.09. The number of hydrogen-bond donors (Lipinski definition) is 2. The van der Waals surface area contributed by atoms with Gasteiger partial charge >= 0.3 is 6.03 Å². The van der Waals surface area contributed by atoms with Crippen molar-refractivity contribution in [3.05, 3.63) is 53.7 Å². The second-order valence-electron chi connectivity index (χ2n) is 4.96. The van der Waals surface area contributed by atoms with Crippen LogP contribution < -0.4 is 10.6 Å². The smallest absolute Gasteiger partial charge is 0.308 e. The van der Waals surface area contributed by atoms with Crippen molar-refractivity contribution in [3.63, 3.8) is 0 Å². The van der Waals surface area contributed by atoms with Crippen LogP contribution in [0.2, 0.25) is 0 Å². The number of urea groups is 1. The molecule has 0 atom stereocenters. The van der Waals surface area contributed by atoms with Gasteiger partial charge in [-0.1, -0.05) is 6.07 Å². The maximum atomic E-state index is 12.0. The molecule has 21 heavy (non-hydrogen) atoms. The molecule has 0 saturated heterocycles. The summed E-state index contributed by atoms with van der Waals surface area (Å²) in [6.07, 6.45) is 1.82. The van der Waals surface area contributed by atoms with Crippen molar-refractivity contribution in [2.45, 2.75) is 13.8 Å². The molecule has 0 spiro atoms. The first kappa shape index (κ1) is 13.6. The van der Waals surface area contributed by atoms with Crippen LogP contribution in [-0.2, 0) is 0 Å². The van der Waals surface area contributed by atoms with E-state index >= 15 is 0 Å². The largest absolute Gasteiger partial charge is 0.323 e. The third-order valence-electron chi connectivity index (χ3n) is 3.38. The molecule has 3 rings (SSSR count). The molecule has 3 aromatic rings. The number of nitrogens with zero attached hydrogens (tertiary/aromatic N) is 1. The van der Waals surface area contributed by atoms with Crippen LogP contribution in [0.15, 0.2) is 42.6 Å². The van der Waals surface area contributed by atoms with Crippen molar-refractivity contribution in [2.75, 3.05) is 10.6 Å². The number of aryl methyl sites for hydroxylation is 2. The van der Waals surface area contributed by atoms with Crippen molar-refractivity contribution >= 4 is 39.0 Å². The molecule has 0 fully saturated rings. The summed E-state index contributed by atoms with van der Waals surface area (Å²) in [6, 6.07) is 11.3. The van der Waals surface area contributed by atoms with E-state index in [1.807, 2.05) is 56.4 Å². The van der Waals surface area contributed by atoms with E-state index in [2.05, 4.69) is 15.0 Å². The number of nitrogens with one attached hydrogen (secondary N) is 2. The van der Waals surface area contributed by atoms with Gasteiger partial charge in [-0.05, 0) is 66.8 Å². The zero-order valence-corrected chi connectivity index (χ0v) is 12.6. The summed E-state index contributed by atoms with van der Waals surface area (Å²) in [5, 5.41) is 6.76. The zero-order valence-electron chi connectivity index (χ0n) is 11.8. The number of hydrogen-bond acceptors (Lipinski definition) is 3. The minimum atomic E-state index is -0.248. The van der Waals surface area contributed by atoms with E-state index in [0.29, 0.717) is 0 Å². The molecule has 0 unspecified atom stereocenters. The van der Waals surface area contributed by atoms with Crippen LogP contribution in [-0.4, -0.2) is 10.4 Å². The van der Waals surface area contributed by atoms with Gasteiger partial charge in [0.15, 0.2) is 0 Å². The number of anilines is 2. The molecule has 2 aromatic carbocycles. The van der Waals surface area contributed by atoms with E-state index in [-0.39, 0.29) is 6.03 Å². The van der Waals surface area contributed by atoms with Crippen LogP contribution in [0.1, 0.15) is 11.1 Å². The molecule has 2 amide bonds.